The Morgan fingerprint density at radius 1 is 1.23 bits per heavy atom. The van der Waals surface area contributed by atoms with Crippen molar-refractivity contribution >= 4 is 5.78 Å². The molecule has 1 spiro atoms. The molecule has 0 radical (unpaired) electrons. The molecule has 5 aliphatic carbocycles. The zero-order chi connectivity index (χ0) is 15.3. The molecule has 0 aromatic carbocycles. The third kappa shape index (κ3) is 1.35. The number of allylic oxidation sites excluding steroid dienone is 1. The van der Waals surface area contributed by atoms with Crippen molar-refractivity contribution in [3.05, 3.63) is 11.4 Å². The van der Waals surface area contributed by atoms with Crippen LogP contribution < -0.4 is 0 Å². The fourth-order valence-electron chi connectivity index (χ4n) is 7.45. The standard InChI is InChI=1S/C19H25FO2/c1-18-7-6-12-11-3-5-15(21)17(20)13(11)2-4-14(12)19(18)9-10(19)8-16(18)22/h10-12,14,16,22H,2-9H2,1H3/t10-,11?,12?,14?,16+,18-,19+/m1/s1. The van der Waals surface area contributed by atoms with Gasteiger partial charge in [-0.25, -0.2) is 4.39 Å². The zero-order valence-electron chi connectivity index (χ0n) is 13.3. The van der Waals surface area contributed by atoms with Crippen LogP contribution >= 0.6 is 0 Å². The Morgan fingerprint density at radius 3 is 2.86 bits per heavy atom. The molecule has 22 heavy (non-hydrogen) atoms. The van der Waals surface area contributed by atoms with E-state index in [9.17, 15) is 14.3 Å². The van der Waals surface area contributed by atoms with Gasteiger partial charge >= 0.3 is 0 Å². The number of halogens is 1. The van der Waals surface area contributed by atoms with E-state index in [-0.39, 0.29) is 23.1 Å². The molecule has 4 fully saturated rings. The van der Waals surface area contributed by atoms with Crippen molar-refractivity contribution in [2.45, 2.75) is 64.4 Å². The lowest BCUT2D eigenvalue weighted by molar-refractivity contribution is -0.119. The van der Waals surface area contributed by atoms with Crippen LogP contribution in [0, 0.1) is 34.5 Å². The molecule has 5 aliphatic rings. The van der Waals surface area contributed by atoms with Gasteiger partial charge in [0.15, 0.2) is 11.6 Å². The average molecular weight is 304 g/mol. The number of aliphatic hydroxyl groups is 1. The second-order valence-electron chi connectivity index (χ2n) is 8.87. The van der Waals surface area contributed by atoms with Crippen molar-refractivity contribution in [3.8, 4) is 0 Å². The highest BCUT2D eigenvalue weighted by molar-refractivity contribution is 5.95. The first-order valence-corrected chi connectivity index (χ1v) is 9.09. The quantitative estimate of drug-likeness (QED) is 0.739. The summed E-state index contributed by atoms with van der Waals surface area (Å²) in [6.07, 6.45) is 7.43. The zero-order valence-corrected chi connectivity index (χ0v) is 13.3. The normalized spacial score (nSPS) is 56.1. The first-order chi connectivity index (χ1) is 10.5. The Balaban J connectivity index is 1.54. The van der Waals surface area contributed by atoms with Gasteiger partial charge in [-0.05, 0) is 85.0 Å². The van der Waals surface area contributed by atoms with Gasteiger partial charge < -0.3 is 5.11 Å². The maximum Gasteiger partial charge on any atom is 0.191 e. The van der Waals surface area contributed by atoms with Crippen molar-refractivity contribution in [2.24, 2.45) is 34.5 Å². The molecule has 4 saturated carbocycles. The molecule has 0 aromatic heterocycles. The number of fused-ring (bicyclic) bond motifs is 3. The van der Waals surface area contributed by atoms with Gasteiger partial charge in [-0.15, -0.1) is 0 Å². The lowest BCUT2D eigenvalue weighted by atomic mass is 9.49. The maximum absolute atomic E-state index is 14.3. The van der Waals surface area contributed by atoms with E-state index in [1.54, 1.807) is 0 Å². The molecule has 0 aromatic rings. The molecule has 0 heterocycles. The van der Waals surface area contributed by atoms with Gasteiger partial charge in [0, 0.05) is 6.42 Å². The van der Waals surface area contributed by atoms with E-state index in [1.165, 1.54) is 6.42 Å². The fraction of sp³-hybridized carbons (Fsp3) is 0.842. The molecule has 0 bridgehead atoms. The predicted molar refractivity (Wildman–Crippen MR) is 80.6 cm³/mol. The molecular weight excluding hydrogens is 279 g/mol. The van der Waals surface area contributed by atoms with E-state index in [2.05, 4.69) is 6.92 Å². The molecule has 7 atom stereocenters. The third-order valence-corrected chi connectivity index (χ3v) is 8.53. The smallest absolute Gasteiger partial charge is 0.191 e. The highest BCUT2D eigenvalue weighted by Crippen LogP contribution is 2.81. The van der Waals surface area contributed by atoms with Gasteiger partial charge in [-0.1, -0.05) is 6.92 Å². The molecule has 2 nitrogen and oxygen atoms in total. The summed E-state index contributed by atoms with van der Waals surface area (Å²) in [7, 11) is 0. The van der Waals surface area contributed by atoms with Crippen LogP contribution in [0.25, 0.3) is 0 Å². The van der Waals surface area contributed by atoms with Gasteiger partial charge in [0.1, 0.15) is 0 Å². The Bertz CT molecular complexity index is 596. The third-order valence-electron chi connectivity index (χ3n) is 8.53. The molecule has 5 rings (SSSR count). The Hall–Kier alpha value is -0.700. The van der Waals surface area contributed by atoms with Crippen LogP contribution in [0.2, 0.25) is 0 Å². The van der Waals surface area contributed by atoms with E-state index in [4.69, 9.17) is 0 Å². The van der Waals surface area contributed by atoms with Gasteiger partial charge in [0.05, 0.1) is 6.10 Å². The largest absolute Gasteiger partial charge is 0.393 e. The van der Waals surface area contributed by atoms with Crippen molar-refractivity contribution in [3.63, 3.8) is 0 Å². The summed E-state index contributed by atoms with van der Waals surface area (Å²) < 4.78 is 14.3. The minimum Gasteiger partial charge on any atom is -0.393 e. The Kier molecular flexibility index (Phi) is 2.51. The Labute approximate surface area is 131 Å². The fourth-order valence-corrected chi connectivity index (χ4v) is 7.45. The van der Waals surface area contributed by atoms with Crippen LogP contribution in [0.4, 0.5) is 4.39 Å². The summed E-state index contributed by atoms with van der Waals surface area (Å²) >= 11 is 0. The monoisotopic (exact) mass is 304 g/mol. The van der Waals surface area contributed by atoms with Crippen LogP contribution in [0.15, 0.2) is 11.4 Å². The molecule has 3 unspecified atom stereocenters. The number of rotatable bonds is 0. The molecule has 0 amide bonds. The van der Waals surface area contributed by atoms with Crippen molar-refractivity contribution in [1.82, 2.24) is 0 Å². The summed E-state index contributed by atoms with van der Waals surface area (Å²) in [5, 5.41) is 10.6. The summed E-state index contributed by atoms with van der Waals surface area (Å²) in [6.45, 7) is 2.32. The first-order valence-electron chi connectivity index (χ1n) is 9.09. The van der Waals surface area contributed by atoms with E-state index in [0.717, 1.165) is 44.1 Å². The minimum absolute atomic E-state index is 0.100. The second-order valence-corrected chi connectivity index (χ2v) is 8.87. The van der Waals surface area contributed by atoms with E-state index < -0.39 is 0 Å². The van der Waals surface area contributed by atoms with Gasteiger partial charge in [0.25, 0.3) is 0 Å². The Morgan fingerprint density at radius 2 is 2.05 bits per heavy atom. The summed E-state index contributed by atoms with van der Waals surface area (Å²) in [5.41, 5.74) is 1.30. The molecule has 1 N–H and O–H groups in total. The van der Waals surface area contributed by atoms with E-state index >= 15 is 0 Å². The minimum atomic E-state index is -0.390. The number of hydrogen-bond acceptors (Lipinski definition) is 2. The molecule has 120 valence electrons. The average Bonchev–Trinajstić information content (AvgIpc) is 3.16. The van der Waals surface area contributed by atoms with Crippen molar-refractivity contribution in [1.29, 1.82) is 0 Å². The van der Waals surface area contributed by atoms with Crippen LogP contribution in [0.1, 0.15) is 58.3 Å². The lowest BCUT2D eigenvalue weighted by Gasteiger charge is -2.55. The maximum atomic E-state index is 14.3. The number of carbonyl (C=O) groups is 1. The van der Waals surface area contributed by atoms with Crippen molar-refractivity contribution in [2.75, 3.05) is 0 Å². The second kappa shape index (κ2) is 4.03. The number of hydrogen-bond donors (Lipinski definition) is 1. The van der Waals surface area contributed by atoms with E-state index in [1.807, 2.05) is 0 Å². The molecule has 3 heteroatoms. The molecule has 0 aliphatic heterocycles. The SMILES string of the molecule is C[C@]12CCC3C4CCC(=O)C(F)=C4CCC3[C@@]13C[C@H]3C[C@@H]2O. The lowest BCUT2D eigenvalue weighted by Crippen LogP contribution is -2.50. The number of aliphatic hydroxyl groups excluding tert-OH is 1. The highest BCUT2D eigenvalue weighted by Gasteiger charge is 2.77. The van der Waals surface area contributed by atoms with Gasteiger partial charge in [-0.2, -0.15) is 0 Å². The predicted octanol–water partition coefficient (Wildman–Crippen LogP) is 3.79. The summed E-state index contributed by atoms with van der Waals surface area (Å²) in [6, 6.07) is 0. The molecule has 0 saturated heterocycles. The van der Waals surface area contributed by atoms with Gasteiger partial charge in [0.2, 0.25) is 0 Å². The van der Waals surface area contributed by atoms with E-state index in [0.29, 0.717) is 35.5 Å². The van der Waals surface area contributed by atoms with Crippen LogP contribution in [-0.2, 0) is 4.79 Å². The van der Waals surface area contributed by atoms with Crippen LogP contribution in [0.3, 0.4) is 0 Å². The van der Waals surface area contributed by atoms with Crippen molar-refractivity contribution < 1.29 is 14.3 Å². The number of ketones is 1. The van der Waals surface area contributed by atoms with Crippen LogP contribution in [-0.4, -0.2) is 17.0 Å². The number of carbonyl (C=O) groups excluding carboxylic acids is 1. The summed E-state index contributed by atoms with van der Waals surface area (Å²) in [4.78, 5) is 11.7. The topological polar surface area (TPSA) is 37.3 Å². The van der Waals surface area contributed by atoms with Gasteiger partial charge in [-0.3, -0.25) is 4.79 Å². The number of Topliss-reactive ketones (excluding diaryl/α,β-unsaturated/α-hetero) is 1. The summed E-state index contributed by atoms with van der Waals surface area (Å²) in [5.74, 6) is 1.59. The molecular formula is C19H25FO2. The highest BCUT2D eigenvalue weighted by atomic mass is 19.1. The first kappa shape index (κ1) is 13.7. The van der Waals surface area contributed by atoms with Crippen LogP contribution in [0.5, 0.6) is 0 Å².